The number of aromatic amines is 1. The van der Waals surface area contributed by atoms with Crippen molar-refractivity contribution in [2.45, 2.75) is 13.3 Å². The maximum Gasteiger partial charge on any atom is 0.0992 e. The average Bonchev–Trinajstić information content (AvgIpc) is 2.59. The van der Waals surface area contributed by atoms with Gasteiger partial charge in [-0.3, -0.25) is 0 Å². The van der Waals surface area contributed by atoms with Crippen LogP contribution in [0.25, 0.3) is 10.9 Å². The minimum atomic E-state index is 0.706. The second-order valence-corrected chi connectivity index (χ2v) is 3.04. The quantitative estimate of drug-likeness (QED) is 0.702. The molecule has 1 heterocycles. The lowest BCUT2D eigenvalue weighted by Crippen LogP contribution is -1.76. The number of rotatable bonds is 1. The van der Waals surface area contributed by atoms with Gasteiger partial charge in [-0.05, 0) is 24.1 Å². The first-order chi connectivity index (χ1) is 6.35. The van der Waals surface area contributed by atoms with E-state index in [2.05, 4.69) is 18.0 Å². The molecular weight excluding hydrogens is 160 g/mol. The molecule has 1 aromatic carbocycles. The molecule has 0 aliphatic carbocycles. The highest BCUT2D eigenvalue weighted by Gasteiger charge is 2.01. The number of nitrogens with one attached hydrogen (secondary N) is 1. The summed E-state index contributed by atoms with van der Waals surface area (Å²) in [6.45, 7) is 2.13. The zero-order valence-electron chi connectivity index (χ0n) is 7.46. The first-order valence-electron chi connectivity index (χ1n) is 4.35. The van der Waals surface area contributed by atoms with Crippen molar-refractivity contribution in [2.24, 2.45) is 0 Å². The van der Waals surface area contributed by atoms with Crippen molar-refractivity contribution in [3.63, 3.8) is 0 Å². The van der Waals surface area contributed by atoms with Crippen LogP contribution in [0.2, 0.25) is 0 Å². The molecule has 0 unspecified atom stereocenters. The molecule has 2 nitrogen and oxygen atoms in total. The van der Waals surface area contributed by atoms with Gasteiger partial charge in [0.25, 0.3) is 0 Å². The van der Waals surface area contributed by atoms with Crippen LogP contribution in [-0.4, -0.2) is 4.98 Å². The lowest BCUT2D eigenvalue weighted by atomic mass is 10.1. The molecule has 0 atom stereocenters. The number of hydrogen-bond acceptors (Lipinski definition) is 1. The monoisotopic (exact) mass is 170 g/mol. The highest BCUT2D eigenvalue weighted by atomic mass is 14.7. The fourth-order valence-electron chi connectivity index (χ4n) is 1.55. The number of hydrogen-bond donors (Lipinski definition) is 1. The third kappa shape index (κ3) is 1.19. The van der Waals surface area contributed by atoms with Crippen molar-refractivity contribution in [3.05, 3.63) is 35.5 Å². The van der Waals surface area contributed by atoms with Crippen LogP contribution in [0.5, 0.6) is 0 Å². The van der Waals surface area contributed by atoms with Gasteiger partial charge in [0.15, 0.2) is 0 Å². The van der Waals surface area contributed by atoms with E-state index >= 15 is 0 Å². The van der Waals surface area contributed by atoms with Gasteiger partial charge < -0.3 is 4.98 Å². The first kappa shape index (κ1) is 7.88. The Morgan fingerprint density at radius 2 is 2.31 bits per heavy atom. The van der Waals surface area contributed by atoms with Crippen molar-refractivity contribution in [1.29, 1.82) is 5.26 Å². The number of aryl methyl sites for hydroxylation is 1. The van der Waals surface area contributed by atoms with Gasteiger partial charge in [-0.25, -0.2) is 0 Å². The van der Waals surface area contributed by atoms with Crippen molar-refractivity contribution in [1.82, 2.24) is 4.98 Å². The smallest absolute Gasteiger partial charge is 0.0992 e. The molecule has 2 rings (SSSR count). The molecule has 0 saturated carbocycles. The van der Waals surface area contributed by atoms with Crippen molar-refractivity contribution < 1.29 is 0 Å². The van der Waals surface area contributed by atoms with Crippen LogP contribution in [-0.2, 0) is 6.42 Å². The molecule has 1 N–H and O–H groups in total. The minimum absolute atomic E-state index is 0.706. The van der Waals surface area contributed by atoms with Gasteiger partial charge in [0.05, 0.1) is 11.6 Å². The largest absolute Gasteiger partial charge is 0.361 e. The third-order valence-corrected chi connectivity index (χ3v) is 2.28. The Morgan fingerprint density at radius 3 is 3.00 bits per heavy atom. The predicted octanol–water partition coefficient (Wildman–Crippen LogP) is 2.60. The summed E-state index contributed by atoms with van der Waals surface area (Å²) in [4.78, 5) is 3.16. The molecule has 1 aromatic heterocycles. The summed E-state index contributed by atoms with van der Waals surface area (Å²) >= 11 is 0. The van der Waals surface area contributed by atoms with E-state index in [0.717, 1.165) is 11.9 Å². The highest BCUT2D eigenvalue weighted by molar-refractivity contribution is 5.84. The SMILES string of the molecule is CCc1c[nH]c2cc(C#N)ccc12. The molecule has 0 aliphatic heterocycles. The van der Waals surface area contributed by atoms with Crippen LogP contribution in [0.4, 0.5) is 0 Å². The number of nitriles is 1. The standard InChI is InChI=1S/C11H10N2/c1-2-9-7-13-11-5-8(6-12)3-4-10(9)11/h3-5,7,13H,2H2,1H3. The zero-order chi connectivity index (χ0) is 9.26. The van der Waals surface area contributed by atoms with Gasteiger partial charge in [0.1, 0.15) is 0 Å². The van der Waals surface area contributed by atoms with E-state index in [-0.39, 0.29) is 0 Å². The Labute approximate surface area is 76.8 Å². The van der Waals surface area contributed by atoms with E-state index < -0.39 is 0 Å². The van der Waals surface area contributed by atoms with Gasteiger partial charge in [0, 0.05) is 17.1 Å². The second-order valence-electron chi connectivity index (χ2n) is 3.04. The van der Waals surface area contributed by atoms with Gasteiger partial charge in [-0.15, -0.1) is 0 Å². The molecule has 0 amide bonds. The maximum absolute atomic E-state index is 8.70. The minimum Gasteiger partial charge on any atom is -0.361 e. The summed E-state index contributed by atoms with van der Waals surface area (Å²) in [7, 11) is 0. The van der Waals surface area contributed by atoms with E-state index in [1.807, 2.05) is 24.4 Å². The molecule has 0 fully saturated rings. The molecule has 2 aromatic rings. The Hall–Kier alpha value is -1.75. The van der Waals surface area contributed by atoms with Gasteiger partial charge in [-0.1, -0.05) is 13.0 Å². The van der Waals surface area contributed by atoms with Crippen molar-refractivity contribution in [3.8, 4) is 6.07 Å². The second kappa shape index (κ2) is 2.95. The number of nitrogens with zero attached hydrogens (tertiary/aromatic N) is 1. The van der Waals surface area contributed by atoms with Gasteiger partial charge in [-0.2, -0.15) is 5.26 Å². The van der Waals surface area contributed by atoms with E-state index in [1.54, 1.807) is 0 Å². The Bertz CT molecular complexity index is 474. The number of benzene rings is 1. The molecule has 0 spiro atoms. The van der Waals surface area contributed by atoms with Crippen LogP contribution in [0.3, 0.4) is 0 Å². The normalized spacial score (nSPS) is 10.2. The lowest BCUT2D eigenvalue weighted by Gasteiger charge is -1.93. The number of fused-ring (bicyclic) bond motifs is 1. The summed E-state index contributed by atoms with van der Waals surface area (Å²) in [6, 6.07) is 7.87. The van der Waals surface area contributed by atoms with Crippen molar-refractivity contribution in [2.75, 3.05) is 0 Å². The summed E-state index contributed by atoms with van der Waals surface area (Å²) in [6.07, 6.45) is 3.03. The number of H-pyrrole nitrogens is 1. The Morgan fingerprint density at radius 1 is 1.46 bits per heavy atom. The molecular formula is C11H10N2. The van der Waals surface area contributed by atoms with Crippen LogP contribution in [0.1, 0.15) is 18.1 Å². The molecule has 0 aliphatic rings. The maximum atomic E-state index is 8.70. The molecule has 0 saturated heterocycles. The van der Waals surface area contributed by atoms with Crippen molar-refractivity contribution >= 4 is 10.9 Å². The summed E-state index contributed by atoms with van der Waals surface area (Å²) in [5, 5.41) is 9.92. The van der Waals surface area contributed by atoms with E-state index in [0.29, 0.717) is 5.56 Å². The molecule has 2 heteroatoms. The summed E-state index contributed by atoms with van der Waals surface area (Å²) < 4.78 is 0. The Kier molecular flexibility index (Phi) is 1.79. The zero-order valence-corrected chi connectivity index (χ0v) is 7.46. The van der Waals surface area contributed by atoms with Gasteiger partial charge in [0.2, 0.25) is 0 Å². The van der Waals surface area contributed by atoms with Gasteiger partial charge >= 0.3 is 0 Å². The molecule has 0 bridgehead atoms. The van der Waals surface area contributed by atoms with E-state index in [1.165, 1.54) is 10.9 Å². The third-order valence-electron chi connectivity index (χ3n) is 2.28. The molecule has 0 radical (unpaired) electrons. The number of aromatic nitrogens is 1. The van der Waals surface area contributed by atoms with Crippen LogP contribution in [0, 0.1) is 11.3 Å². The van der Waals surface area contributed by atoms with Crippen LogP contribution in [0.15, 0.2) is 24.4 Å². The lowest BCUT2D eigenvalue weighted by molar-refractivity contribution is 1.15. The highest BCUT2D eigenvalue weighted by Crippen LogP contribution is 2.19. The average molecular weight is 170 g/mol. The predicted molar refractivity (Wildman–Crippen MR) is 52.4 cm³/mol. The summed E-state index contributed by atoms with van der Waals surface area (Å²) in [5.74, 6) is 0. The first-order valence-corrected chi connectivity index (χ1v) is 4.35. The topological polar surface area (TPSA) is 39.6 Å². The Balaban J connectivity index is 2.70. The fourth-order valence-corrected chi connectivity index (χ4v) is 1.55. The van der Waals surface area contributed by atoms with Crippen LogP contribution >= 0.6 is 0 Å². The van der Waals surface area contributed by atoms with E-state index in [9.17, 15) is 0 Å². The summed E-state index contributed by atoms with van der Waals surface area (Å²) in [5.41, 5.74) is 3.06. The van der Waals surface area contributed by atoms with Crippen LogP contribution < -0.4 is 0 Å². The fraction of sp³-hybridized carbons (Fsp3) is 0.182. The molecule has 64 valence electrons. The van der Waals surface area contributed by atoms with E-state index in [4.69, 9.17) is 5.26 Å². The molecule has 13 heavy (non-hydrogen) atoms.